The number of rotatable bonds is 9. The normalized spacial score (nSPS) is 17.9. The number of para-hydroxylation sites is 1. The van der Waals surface area contributed by atoms with Crippen molar-refractivity contribution >= 4 is 11.7 Å². The fraction of sp³-hybridized carbons (Fsp3) is 0.345. The third-order valence-corrected chi connectivity index (χ3v) is 7.00. The smallest absolute Gasteiger partial charge is 0.329 e. The van der Waals surface area contributed by atoms with Crippen LogP contribution in [0.5, 0.6) is 17.2 Å². The summed E-state index contributed by atoms with van der Waals surface area (Å²) in [6.45, 7) is 1.55. The molecule has 0 amide bonds. The lowest BCUT2D eigenvalue weighted by Crippen LogP contribution is -2.50. The summed E-state index contributed by atoms with van der Waals surface area (Å²) >= 11 is 0. The van der Waals surface area contributed by atoms with Gasteiger partial charge >= 0.3 is 5.97 Å². The fourth-order valence-corrected chi connectivity index (χ4v) is 4.89. The Morgan fingerprint density at radius 3 is 2.46 bits per heavy atom. The molecule has 0 radical (unpaired) electrons. The predicted octanol–water partition coefficient (Wildman–Crippen LogP) is 5.07. The van der Waals surface area contributed by atoms with E-state index in [1.54, 1.807) is 14.2 Å². The van der Waals surface area contributed by atoms with Crippen molar-refractivity contribution in [3.05, 3.63) is 71.8 Å². The first-order valence-electron chi connectivity index (χ1n) is 12.3. The van der Waals surface area contributed by atoms with E-state index in [0.29, 0.717) is 56.5 Å². The summed E-state index contributed by atoms with van der Waals surface area (Å²) in [6.07, 6.45) is 0.583. The van der Waals surface area contributed by atoms with Crippen LogP contribution in [0.2, 0.25) is 0 Å². The maximum atomic E-state index is 12.2. The molecule has 8 nitrogen and oxygen atoms in total. The molecule has 5 rings (SSSR count). The Morgan fingerprint density at radius 2 is 1.76 bits per heavy atom. The lowest BCUT2D eigenvalue weighted by atomic mass is 9.89. The van der Waals surface area contributed by atoms with Gasteiger partial charge in [0.15, 0.2) is 0 Å². The third-order valence-electron chi connectivity index (χ3n) is 7.00. The molecule has 0 aromatic heterocycles. The Kier molecular flexibility index (Phi) is 7.21. The van der Waals surface area contributed by atoms with Crippen LogP contribution in [-0.4, -0.2) is 50.7 Å². The van der Waals surface area contributed by atoms with Crippen molar-refractivity contribution in [1.82, 2.24) is 0 Å². The lowest BCUT2D eigenvalue weighted by Gasteiger charge is -2.35. The van der Waals surface area contributed by atoms with Gasteiger partial charge in [-0.2, -0.15) is 0 Å². The van der Waals surface area contributed by atoms with E-state index in [9.17, 15) is 9.90 Å². The zero-order chi connectivity index (χ0) is 25.8. The second kappa shape index (κ2) is 10.7. The standard InChI is InChI=1S/C29H31NO7/c1-33-22-14-19(15-23(16-22)34-2)24-8-7-21(30-29(28(31)32)9-11-35-12-10-29)13-20(24)17-36-27-18-37-26-6-4-3-5-25(26)27/h3-8,13-16,27,30H,9-12,17-18H2,1-2H3,(H,31,32)/t27-/m0/s1. The van der Waals surface area contributed by atoms with Gasteiger partial charge in [-0.05, 0) is 47.0 Å². The van der Waals surface area contributed by atoms with Gasteiger partial charge in [0.25, 0.3) is 0 Å². The predicted molar refractivity (Wildman–Crippen MR) is 138 cm³/mol. The molecule has 1 saturated heterocycles. The Labute approximate surface area is 216 Å². The summed E-state index contributed by atoms with van der Waals surface area (Å²) in [5.74, 6) is 1.31. The van der Waals surface area contributed by atoms with Crippen LogP contribution < -0.4 is 19.5 Å². The number of ether oxygens (including phenoxy) is 5. The van der Waals surface area contributed by atoms with E-state index in [4.69, 9.17) is 23.7 Å². The molecule has 2 heterocycles. The van der Waals surface area contributed by atoms with Crippen LogP contribution in [-0.2, 0) is 20.9 Å². The largest absolute Gasteiger partial charge is 0.497 e. The molecule has 0 unspecified atom stereocenters. The molecule has 0 saturated carbocycles. The molecule has 3 aromatic rings. The molecule has 2 N–H and O–H groups in total. The zero-order valence-electron chi connectivity index (χ0n) is 21.0. The number of carboxylic acid groups (broad SMARTS) is 1. The molecule has 0 aliphatic carbocycles. The molecule has 37 heavy (non-hydrogen) atoms. The highest BCUT2D eigenvalue weighted by molar-refractivity contribution is 5.83. The van der Waals surface area contributed by atoms with Gasteiger partial charge in [-0.25, -0.2) is 4.79 Å². The van der Waals surface area contributed by atoms with E-state index < -0.39 is 11.5 Å². The highest BCUT2D eigenvalue weighted by Gasteiger charge is 2.40. The monoisotopic (exact) mass is 505 g/mol. The van der Waals surface area contributed by atoms with Gasteiger partial charge in [0.2, 0.25) is 0 Å². The Morgan fingerprint density at radius 1 is 1.03 bits per heavy atom. The van der Waals surface area contributed by atoms with Crippen LogP contribution in [0.4, 0.5) is 5.69 Å². The highest BCUT2D eigenvalue weighted by atomic mass is 16.5. The second-order valence-corrected chi connectivity index (χ2v) is 9.25. The minimum atomic E-state index is -1.07. The summed E-state index contributed by atoms with van der Waals surface area (Å²) in [7, 11) is 3.23. The van der Waals surface area contributed by atoms with Crippen molar-refractivity contribution in [3.63, 3.8) is 0 Å². The van der Waals surface area contributed by atoms with Crippen LogP contribution in [0.3, 0.4) is 0 Å². The minimum Gasteiger partial charge on any atom is -0.497 e. The van der Waals surface area contributed by atoms with E-state index in [-0.39, 0.29) is 6.10 Å². The van der Waals surface area contributed by atoms with E-state index in [1.807, 2.05) is 60.7 Å². The summed E-state index contributed by atoms with van der Waals surface area (Å²) in [4.78, 5) is 12.2. The summed E-state index contributed by atoms with van der Waals surface area (Å²) in [5.41, 5.74) is 3.40. The number of aliphatic carboxylic acids is 1. The molecule has 194 valence electrons. The van der Waals surface area contributed by atoms with Crippen LogP contribution in [0.1, 0.15) is 30.1 Å². The van der Waals surface area contributed by atoms with Gasteiger partial charge in [-0.1, -0.05) is 24.3 Å². The average molecular weight is 506 g/mol. The van der Waals surface area contributed by atoms with Crippen molar-refractivity contribution in [2.75, 3.05) is 39.4 Å². The van der Waals surface area contributed by atoms with Gasteiger partial charge in [-0.15, -0.1) is 0 Å². The number of hydrogen-bond acceptors (Lipinski definition) is 7. The Hall–Kier alpha value is -3.75. The molecule has 2 aliphatic rings. The quantitative estimate of drug-likeness (QED) is 0.416. The van der Waals surface area contributed by atoms with Crippen molar-refractivity contribution < 1.29 is 33.6 Å². The number of fused-ring (bicyclic) bond motifs is 1. The maximum absolute atomic E-state index is 12.2. The number of hydrogen-bond donors (Lipinski definition) is 2. The van der Waals surface area contributed by atoms with Crippen molar-refractivity contribution in [1.29, 1.82) is 0 Å². The zero-order valence-corrected chi connectivity index (χ0v) is 21.0. The van der Waals surface area contributed by atoms with Gasteiger partial charge in [0.05, 0.1) is 20.8 Å². The number of nitrogens with one attached hydrogen (secondary N) is 1. The summed E-state index contributed by atoms with van der Waals surface area (Å²) in [5, 5.41) is 13.3. The van der Waals surface area contributed by atoms with Gasteiger partial charge in [-0.3, -0.25) is 0 Å². The summed E-state index contributed by atoms with van der Waals surface area (Å²) in [6, 6.07) is 19.4. The molecule has 1 atom stereocenters. The van der Waals surface area contributed by atoms with E-state index in [1.165, 1.54) is 0 Å². The van der Waals surface area contributed by atoms with E-state index in [0.717, 1.165) is 28.0 Å². The van der Waals surface area contributed by atoms with Gasteiger partial charge in [0.1, 0.15) is 35.5 Å². The lowest BCUT2D eigenvalue weighted by molar-refractivity contribution is -0.145. The summed E-state index contributed by atoms with van der Waals surface area (Å²) < 4.78 is 28.5. The van der Waals surface area contributed by atoms with E-state index >= 15 is 0 Å². The number of methoxy groups -OCH3 is 2. The third kappa shape index (κ3) is 5.21. The molecule has 3 aromatic carbocycles. The topological polar surface area (TPSA) is 95.5 Å². The van der Waals surface area contributed by atoms with Gasteiger partial charge in [0, 0.05) is 43.4 Å². The molecule has 0 bridgehead atoms. The maximum Gasteiger partial charge on any atom is 0.329 e. The molecule has 0 spiro atoms. The molecule has 1 fully saturated rings. The van der Waals surface area contributed by atoms with Crippen LogP contribution in [0.25, 0.3) is 11.1 Å². The first-order valence-corrected chi connectivity index (χ1v) is 12.3. The van der Waals surface area contributed by atoms with Crippen molar-refractivity contribution in [2.45, 2.75) is 31.1 Å². The Bertz CT molecular complexity index is 1250. The van der Waals surface area contributed by atoms with Crippen molar-refractivity contribution in [3.8, 4) is 28.4 Å². The average Bonchev–Trinajstić information content (AvgIpc) is 3.35. The van der Waals surface area contributed by atoms with Crippen LogP contribution >= 0.6 is 0 Å². The van der Waals surface area contributed by atoms with E-state index in [2.05, 4.69) is 5.32 Å². The molecular weight excluding hydrogens is 474 g/mol. The van der Waals surface area contributed by atoms with Crippen LogP contribution in [0, 0.1) is 0 Å². The molecule has 8 heteroatoms. The number of carboxylic acids is 1. The number of carbonyl (C=O) groups is 1. The Balaban J connectivity index is 1.49. The van der Waals surface area contributed by atoms with Crippen molar-refractivity contribution in [2.24, 2.45) is 0 Å². The first-order chi connectivity index (χ1) is 18.0. The fourth-order valence-electron chi connectivity index (χ4n) is 4.89. The van der Waals surface area contributed by atoms with Crippen LogP contribution in [0.15, 0.2) is 60.7 Å². The highest BCUT2D eigenvalue weighted by Crippen LogP contribution is 2.38. The first kappa shape index (κ1) is 24.9. The second-order valence-electron chi connectivity index (χ2n) is 9.25. The SMILES string of the molecule is COc1cc(OC)cc(-c2ccc(NC3(C(=O)O)CCOCC3)cc2CO[C@H]2COc3ccccc32)c1. The molecular formula is C29H31NO7. The number of anilines is 1. The molecule has 2 aliphatic heterocycles. The van der Waals surface area contributed by atoms with Gasteiger partial charge < -0.3 is 34.1 Å². The minimum absolute atomic E-state index is 0.193. The number of benzene rings is 3.